The van der Waals surface area contributed by atoms with Gasteiger partial charge in [0.25, 0.3) is 0 Å². The van der Waals surface area contributed by atoms with Crippen LogP contribution in [0.15, 0.2) is 4.52 Å². The van der Waals surface area contributed by atoms with Crippen molar-refractivity contribution in [3.05, 3.63) is 11.7 Å². The van der Waals surface area contributed by atoms with Crippen LogP contribution < -0.4 is 5.73 Å². The molecule has 0 amide bonds. The second-order valence-electron chi connectivity index (χ2n) is 4.51. The van der Waals surface area contributed by atoms with Crippen LogP contribution in [-0.4, -0.2) is 16.7 Å². The van der Waals surface area contributed by atoms with Gasteiger partial charge in [0.1, 0.15) is 0 Å². The molecular weight excluding hydrogens is 178 g/mol. The van der Waals surface area contributed by atoms with Gasteiger partial charge >= 0.3 is 0 Å². The molecule has 0 spiro atoms. The van der Waals surface area contributed by atoms with Gasteiger partial charge in [-0.25, -0.2) is 0 Å². The fourth-order valence-corrected chi connectivity index (χ4v) is 2.58. The summed E-state index contributed by atoms with van der Waals surface area (Å²) in [6.07, 6.45) is 4.67. The molecule has 0 aliphatic heterocycles. The van der Waals surface area contributed by atoms with Gasteiger partial charge in [0, 0.05) is 12.3 Å². The Morgan fingerprint density at radius 3 is 2.79 bits per heavy atom. The summed E-state index contributed by atoms with van der Waals surface area (Å²) in [4.78, 5) is 4.38. The van der Waals surface area contributed by atoms with Crippen molar-refractivity contribution in [2.75, 3.05) is 6.54 Å². The van der Waals surface area contributed by atoms with Crippen LogP contribution in [0.25, 0.3) is 0 Å². The molecule has 76 valence electrons. The van der Waals surface area contributed by atoms with Crippen molar-refractivity contribution in [1.82, 2.24) is 10.1 Å². The highest BCUT2D eigenvalue weighted by molar-refractivity contribution is 5.06. The van der Waals surface area contributed by atoms with Crippen LogP contribution in [0, 0.1) is 11.8 Å². The summed E-state index contributed by atoms with van der Waals surface area (Å²) >= 11 is 0. The highest BCUT2D eigenvalue weighted by atomic mass is 16.5. The average Bonchev–Trinajstić information content (AvgIpc) is 2.68. The molecule has 1 aromatic rings. The zero-order chi connectivity index (χ0) is 9.54. The fraction of sp³-hybridized carbons (Fsp3) is 0.800. The van der Waals surface area contributed by atoms with E-state index in [2.05, 4.69) is 10.1 Å². The van der Waals surface area contributed by atoms with Crippen molar-refractivity contribution < 1.29 is 4.52 Å². The van der Waals surface area contributed by atoms with Gasteiger partial charge in [0.05, 0.1) is 0 Å². The van der Waals surface area contributed by atoms with Crippen molar-refractivity contribution in [1.29, 1.82) is 0 Å². The Labute approximate surface area is 82.9 Å². The molecule has 14 heavy (non-hydrogen) atoms. The molecule has 1 heterocycles. The van der Waals surface area contributed by atoms with E-state index in [1.54, 1.807) is 0 Å². The lowest BCUT2D eigenvalue weighted by Crippen LogP contribution is -2.04. The van der Waals surface area contributed by atoms with Crippen LogP contribution in [-0.2, 0) is 6.42 Å². The Kier molecular flexibility index (Phi) is 1.83. The number of hydrogen-bond acceptors (Lipinski definition) is 4. The van der Waals surface area contributed by atoms with Gasteiger partial charge in [-0.1, -0.05) is 5.16 Å². The molecular formula is C10H15N3O. The first-order valence-electron chi connectivity index (χ1n) is 5.39. The molecule has 0 saturated heterocycles. The quantitative estimate of drug-likeness (QED) is 0.780. The number of hydrogen-bond donors (Lipinski definition) is 1. The van der Waals surface area contributed by atoms with Crippen LogP contribution in [0.3, 0.4) is 0 Å². The first-order chi connectivity index (χ1) is 6.86. The molecule has 2 aliphatic carbocycles. The molecule has 4 nitrogen and oxygen atoms in total. The standard InChI is InChI=1S/C10H15N3O/c11-2-1-9-12-10(14-13-9)8-4-6-3-7(6)5-8/h6-8H,1-5,11H2. The zero-order valence-corrected chi connectivity index (χ0v) is 8.15. The normalized spacial score (nSPS) is 34.5. The van der Waals surface area contributed by atoms with E-state index in [1.807, 2.05) is 0 Å². The smallest absolute Gasteiger partial charge is 0.229 e. The van der Waals surface area contributed by atoms with E-state index in [0.717, 1.165) is 30.0 Å². The van der Waals surface area contributed by atoms with Crippen LogP contribution >= 0.6 is 0 Å². The van der Waals surface area contributed by atoms with Gasteiger partial charge < -0.3 is 10.3 Å². The summed E-state index contributed by atoms with van der Waals surface area (Å²) < 4.78 is 5.25. The van der Waals surface area contributed by atoms with Crippen LogP contribution in [0.4, 0.5) is 0 Å². The predicted octanol–water partition coefficient (Wildman–Crippen LogP) is 1.08. The molecule has 1 aromatic heterocycles. The summed E-state index contributed by atoms with van der Waals surface area (Å²) in [6.45, 7) is 0.592. The topological polar surface area (TPSA) is 64.9 Å². The lowest BCUT2D eigenvalue weighted by Gasteiger charge is -2.03. The van der Waals surface area contributed by atoms with Crippen molar-refractivity contribution in [3.63, 3.8) is 0 Å². The first-order valence-corrected chi connectivity index (χ1v) is 5.39. The Hall–Kier alpha value is -0.900. The van der Waals surface area contributed by atoms with Gasteiger partial charge in [-0.3, -0.25) is 0 Å². The van der Waals surface area contributed by atoms with E-state index in [1.165, 1.54) is 19.3 Å². The minimum atomic E-state index is 0.540. The Morgan fingerprint density at radius 2 is 2.07 bits per heavy atom. The average molecular weight is 193 g/mol. The van der Waals surface area contributed by atoms with E-state index >= 15 is 0 Å². The van der Waals surface area contributed by atoms with Gasteiger partial charge in [0.2, 0.25) is 5.89 Å². The molecule has 3 rings (SSSR count). The zero-order valence-electron chi connectivity index (χ0n) is 8.15. The monoisotopic (exact) mass is 193 g/mol. The Morgan fingerprint density at radius 1 is 1.29 bits per heavy atom. The summed E-state index contributed by atoms with van der Waals surface area (Å²) in [6, 6.07) is 0. The predicted molar refractivity (Wildman–Crippen MR) is 50.6 cm³/mol. The minimum absolute atomic E-state index is 0.540. The van der Waals surface area contributed by atoms with Gasteiger partial charge in [-0.2, -0.15) is 4.98 Å². The molecule has 2 saturated carbocycles. The molecule has 0 radical (unpaired) electrons. The van der Waals surface area contributed by atoms with Crippen LogP contribution in [0.2, 0.25) is 0 Å². The van der Waals surface area contributed by atoms with Gasteiger partial charge in [-0.05, 0) is 37.6 Å². The Bertz CT molecular complexity index is 326. The number of rotatable bonds is 3. The van der Waals surface area contributed by atoms with E-state index in [9.17, 15) is 0 Å². The van der Waals surface area contributed by atoms with E-state index < -0.39 is 0 Å². The summed E-state index contributed by atoms with van der Waals surface area (Å²) in [5.41, 5.74) is 5.43. The summed E-state index contributed by atoms with van der Waals surface area (Å²) in [5, 5.41) is 3.92. The fourth-order valence-electron chi connectivity index (χ4n) is 2.58. The minimum Gasteiger partial charge on any atom is -0.339 e. The molecule has 2 N–H and O–H groups in total. The third kappa shape index (κ3) is 1.34. The lowest BCUT2D eigenvalue weighted by molar-refractivity contribution is 0.342. The van der Waals surface area contributed by atoms with E-state index in [-0.39, 0.29) is 0 Å². The van der Waals surface area contributed by atoms with Crippen LogP contribution in [0.5, 0.6) is 0 Å². The largest absolute Gasteiger partial charge is 0.339 e. The summed E-state index contributed by atoms with van der Waals surface area (Å²) in [7, 11) is 0. The third-order valence-corrected chi connectivity index (χ3v) is 3.44. The maximum atomic E-state index is 5.43. The molecule has 4 heteroatoms. The third-order valence-electron chi connectivity index (χ3n) is 3.44. The van der Waals surface area contributed by atoms with Crippen molar-refractivity contribution in [3.8, 4) is 0 Å². The molecule has 2 fully saturated rings. The Balaban J connectivity index is 1.70. The molecule has 2 unspecified atom stereocenters. The number of nitrogens with zero attached hydrogens (tertiary/aromatic N) is 2. The van der Waals surface area contributed by atoms with Crippen molar-refractivity contribution >= 4 is 0 Å². The second-order valence-corrected chi connectivity index (χ2v) is 4.51. The second kappa shape index (κ2) is 3.05. The van der Waals surface area contributed by atoms with Gasteiger partial charge in [0.15, 0.2) is 5.82 Å². The number of aromatic nitrogens is 2. The van der Waals surface area contributed by atoms with Crippen molar-refractivity contribution in [2.45, 2.75) is 31.6 Å². The van der Waals surface area contributed by atoms with Crippen LogP contribution in [0.1, 0.15) is 36.9 Å². The first kappa shape index (κ1) is 8.41. The highest BCUT2D eigenvalue weighted by Gasteiger charge is 2.47. The molecule has 0 bridgehead atoms. The number of fused-ring (bicyclic) bond motifs is 1. The van der Waals surface area contributed by atoms with Crippen molar-refractivity contribution in [2.24, 2.45) is 17.6 Å². The maximum Gasteiger partial charge on any atom is 0.229 e. The molecule has 0 aromatic carbocycles. The van der Waals surface area contributed by atoms with E-state index in [4.69, 9.17) is 10.3 Å². The van der Waals surface area contributed by atoms with Gasteiger partial charge in [-0.15, -0.1) is 0 Å². The maximum absolute atomic E-state index is 5.43. The summed E-state index contributed by atoms with van der Waals surface area (Å²) in [5.74, 6) is 4.08. The number of nitrogens with two attached hydrogens (primary N) is 1. The highest BCUT2D eigenvalue weighted by Crippen LogP contribution is 2.57. The molecule has 2 aliphatic rings. The SMILES string of the molecule is NCCc1noc(C2CC3CC3C2)n1. The van der Waals surface area contributed by atoms with E-state index in [0.29, 0.717) is 12.5 Å². The lowest BCUT2D eigenvalue weighted by atomic mass is 10.0. The molecule has 2 atom stereocenters.